The Morgan fingerprint density at radius 1 is 1.31 bits per heavy atom. The molecule has 1 N–H and O–H groups in total. The van der Waals surface area contributed by atoms with E-state index in [4.69, 9.17) is 4.74 Å². The monoisotopic (exact) mass is 360 g/mol. The molecule has 2 amide bonds. The van der Waals surface area contributed by atoms with E-state index >= 15 is 0 Å². The Balaban J connectivity index is 1.92. The number of carbonyl (C=O) groups is 2. The average molecular weight is 360 g/mol. The van der Waals surface area contributed by atoms with Crippen molar-refractivity contribution in [3.05, 3.63) is 29.8 Å². The van der Waals surface area contributed by atoms with Crippen LogP contribution in [0, 0.1) is 5.41 Å². The van der Waals surface area contributed by atoms with Crippen molar-refractivity contribution in [2.45, 2.75) is 58.9 Å². The fourth-order valence-electron chi connectivity index (χ4n) is 3.52. The molecule has 26 heavy (non-hydrogen) atoms. The predicted molar refractivity (Wildman–Crippen MR) is 103 cm³/mol. The Bertz CT molecular complexity index is 627. The minimum absolute atomic E-state index is 0.0528. The van der Waals surface area contributed by atoms with Crippen LogP contribution in [0.1, 0.15) is 52.0 Å². The van der Waals surface area contributed by atoms with Gasteiger partial charge < -0.3 is 15.0 Å². The van der Waals surface area contributed by atoms with E-state index in [2.05, 4.69) is 12.2 Å². The third kappa shape index (κ3) is 4.77. The van der Waals surface area contributed by atoms with Crippen molar-refractivity contribution in [2.24, 2.45) is 5.41 Å². The van der Waals surface area contributed by atoms with E-state index in [0.29, 0.717) is 13.0 Å². The third-order valence-corrected chi connectivity index (χ3v) is 5.29. The van der Waals surface area contributed by atoms with Crippen molar-refractivity contribution >= 4 is 11.8 Å². The Morgan fingerprint density at radius 3 is 2.77 bits per heavy atom. The van der Waals surface area contributed by atoms with Crippen LogP contribution in [0.3, 0.4) is 0 Å². The molecular weight excluding hydrogens is 328 g/mol. The van der Waals surface area contributed by atoms with Gasteiger partial charge in [0.25, 0.3) is 0 Å². The van der Waals surface area contributed by atoms with Crippen molar-refractivity contribution in [1.82, 2.24) is 10.2 Å². The van der Waals surface area contributed by atoms with Crippen LogP contribution in [-0.2, 0) is 16.0 Å². The summed E-state index contributed by atoms with van der Waals surface area (Å²) < 4.78 is 5.22. The van der Waals surface area contributed by atoms with E-state index in [0.717, 1.165) is 43.5 Å². The number of carbonyl (C=O) groups excluding carboxylic acids is 2. The SMILES string of the molecule is CCC1CCCCN1C(=O)C(C)(C)C(=O)NCCc1cccc(OC)c1. The maximum atomic E-state index is 13.0. The Morgan fingerprint density at radius 2 is 2.08 bits per heavy atom. The summed E-state index contributed by atoms with van der Waals surface area (Å²) in [5.41, 5.74) is 0.0509. The zero-order valence-electron chi connectivity index (χ0n) is 16.5. The summed E-state index contributed by atoms with van der Waals surface area (Å²) in [6, 6.07) is 8.06. The van der Waals surface area contributed by atoms with Gasteiger partial charge in [-0.2, -0.15) is 0 Å². The number of ether oxygens (including phenoxy) is 1. The van der Waals surface area contributed by atoms with Crippen molar-refractivity contribution < 1.29 is 14.3 Å². The number of nitrogens with zero attached hydrogens (tertiary/aromatic N) is 1. The predicted octanol–water partition coefficient (Wildman–Crippen LogP) is 3.17. The lowest BCUT2D eigenvalue weighted by atomic mass is 9.87. The molecule has 0 saturated carbocycles. The van der Waals surface area contributed by atoms with Crippen LogP contribution >= 0.6 is 0 Å². The van der Waals surface area contributed by atoms with Gasteiger partial charge in [0.1, 0.15) is 11.2 Å². The van der Waals surface area contributed by atoms with Gasteiger partial charge in [0.15, 0.2) is 0 Å². The first kappa shape index (κ1) is 20.3. The van der Waals surface area contributed by atoms with Gasteiger partial charge in [-0.3, -0.25) is 9.59 Å². The molecule has 2 rings (SSSR count). The lowest BCUT2D eigenvalue weighted by Gasteiger charge is -2.39. The summed E-state index contributed by atoms with van der Waals surface area (Å²) in [5, 5.41) is 2.93. The second-order valence-corrected chi connectivity index (χ2v) is 7.54. The fraction of sp³-hybridized carbons (Fsp3) is 0.619. The minimum Gasteiger partial charge on any atom is -0.497 e. The number of likely N-dealkylation sites (tertiary alicyclic amines) is 1. The summed E-state index contributed by atoms with van der Waals surface area (Å²) >= 11 is 0. The molecule has 1 aliphatic rings. The minimum atomic E-state index is -1.04. The highest BCUT2D eigenvalue weighted by Gasteiger charge is 2.41. The van der Waals surface area contributed by atoms with Crippen molar-refractivity contribution in [1.29, 1.82) is 0 Å². The van der Waals surface area contributed by atoms with Crippen molar-refractivity contribution in [2.75, 3.05) is 20.2 Å². The summed E-state index contributed by atoms with van der Waals surface area (Å²) in [5.74, 6) is 0.550. The lowest BCUT2D eigenvalue weighted by molar-refractivity contribution is -0.151. The van der Waals surface area contributed by atoms with Gasteiger partial charge in [0, 0.05) is 19.1 Å². The first-order chi connectivity index (χ1) is 12.4. The Hall–Kier alpha value is -2.04. The molecule has 1 aromatic rings. The molecule has 1 aromatic carbocycles. The first-order valence-corrected chi connectivity index (χ1v) is 9.62. The van der Waals surface area contributed by atoms with Crippen LogP contribution in [0.5, 0.6) is 5.75 Å². The Kier molecular flexibility index (Phi) is 7.06. The quantitative estimate of drug-likeness (QED) is 0.760. The van der Waals surface area contributed by atoms with Gasteiger partial charge >= 0.3 is 0 Å². The van der Waals surface area contributed by atoms with Crippen molar-refractivity contribution in [3.63, 3.8) is 0 Å². The molecule has 1 aliphatic heterocycles. The molecule has 0 bridgehead atoms. The second-order valence-electron chi connectivity index (χ2n) is 7.54. The number of hydrogen-bond acceptors (Lipinski definition) is 3. The number of nitrogens with one attached hydrogen (secondary N) is 1. The van der Waals surface area contributed by atoms with Gasteiger partial charge in [-0.25, -0.2) is 0 Å². The van der Waals surface area contributed by atoms with E-state index in [1.165, 1.54) is 0 Å². The van der Waals surface area contributed by atoms with E-state index < -0.39 is 5.41 Å². The van der Waals surface area contributed by atoms with E-state index in [9.17, 15) is 9.59 Å². The summed E-state index contributed by atoms with van der Waals surface area (Å²) in [7, 11) is 1.64. The number of amides is 2. The standard InChI is InChI=1S/C21H32N2O3/c1-5-17-10-6-7-14-23(17)20(25)21(2,3)19(24)22-13-12-16-9-8-11-18(15-16)26-4/h8-9,11,15,17H,5-7,10,12-14H2,1-4H3,(H,22,24). The zero-order valence-corrected chi connectivity index (χ0v) is 16.5. The van der Waals surface area contributed by atoms with Gasteiger partial charge in [0.05, 0.1) is 7.11 Å². The van der Waals surface area contributed by atoms with Crippen LogP contribution in [0.2, 0.25) is 0 Å². The normalized spacial score (nSPS) is 17.7. The molecule has 1 saturated heterocycles. The third-order valence-electron chi connectivity index (χ3n) is 5.29. The number of hydrogen-bond donors (Lipinski definition) is 1. The van der Waals surface area contributed by atoms with Crippen LogP contribution in [0.15, 0.2) is 24.3 Å². The topological polar surface area (TPSA) is 58.6 Å². The summed E-state index contributed by atoms with van der Waals surface area (Å²) in [6.45, 7) is 6.84. The van der Waals surface area contributed by atoms with E-state index in [1.807, 2.05) is 29.2 Å². The molecule has 0 aromatic heterocycles. The molecule has 0 radical (unpaired) electrons. The number of benzene rings is 1. The van der Waals surface area contributed by atoms with E-state index in [1.54, 1.807) is 21.0 Å². The maximum Gasteiger partial charge on any atom is 0.237 e. The Labute approximate surface area is 157 Å². The molecule has 5 heteroatoms. The number of methoxy groups -OCH3 is 1. The molecule has 1 fully saturated rings. The van der Waals surface area contributed by atoms with Gasteiger partial charge in [-0.05, 0) is 63.6 Å². The van der Waals surface area contributed by atoms with Crippen LogP contribution in [0.4, 0.5) is 0 Å². The molecular formula is C21H32N2O3. The highest BCUT2D eigenvalue weighted by molar-refractivity contribution is 6.04. The first-order valence-electron chi connectivity index (χ1n) is 9.62. The molecule has 0 spiro atoms. The van der Waals surface area contributed by atoms with Crippen LogP contribution < -0.4 is 10.1 Å². The molecule has 1 heterocycles. The van der Waals surface area contributed by atoms with Crippen molar-refractivity contribution in [3.8, 4) is 5.75 Å². The highest BCUT2D eigenvalue weighted by atomic mass is 16.5. The van der Waals surface area contributed by atoms with Gasteiger partial charge in [0.2, 0.25) is 11.8 Å². The molecule has 144 valence electrons. The van der Waals surface area contributed by atoms with Gasteiger partial charge in [-0.1, -0.05) is 19.1 Å². The second kappa shape index (κ2) is 9.06. The zero-order chi connectivity index (χ0) is 19.2. The summed E-state index contributed by atoms with van der Waals surface area (Å²) in [4.78, 5) is 27.6. The molecule has 1 atom stereocenters. The molecule has 0 aliphatic carbocycles. The lowest BCUT2D eigenvalue weighted by Crippen LogP contribution is -2.54. The van der Waals surface area contributed by atoms with Crippen LogP contribution in [0.25, 0.3) is 0 Å². The number of rotatable bonds is 7. The summed E-state index contributed by atoms with van der Waals surface area (Å²) in [6.07, 6.45) is 4.87. The average Bonchev–Trinajstić information content (AvgIpc) is 2.67. The maximum absolute atomic E-state index is 13.0. The smallest absolute Gasteiger partial charge is 0.237 e. The molecule has 1 unspecified atom stereocenters. The van der Waals surface area contributed by atoms with Crippen LogP contribution in [-0.4, -0.2) is 43.0 Å². The van der Waals surface area contributed by atoms with Gasteiger partial charge in [-0.15, -0.1) is 0 Å². The van der Waals surface area contributed by atoms with E-state index in [-0.39, 0.29) is 17.9 Å². The highest BCUT2D eigenvalue weighted by Crippen LogP contribution is 2.27. The number of piperidine rings is 1. The largest absolute Gasteiger partial charge is 0.497 e. The fourth-order valence-corrected chi connectivity index (χ4v) is 3.52. The molecule has 5 nitrogen and oxygen atoms in total.